The number of benzene rings is 2. The van der Waals surface area contributed by atoms with Crippen LogP contribution in [0, 0.1) is 0 Å². The summed E-state index contributed by atoms with van der Waals surface area (Å²) < 4.78 is 10.9. The summed E-state index contributed by atoms with van der Waals surface area (Å²) in [7, 11) is 1.35. The first-order valence-corrected chi connectivity index (χ1v) is 10.6. The lowest BCUT2D eigenvalue weighted by molar-refractivity contribution is 0.0601. The molecule has 0 radical (unpaired) electrons. The number of ether oxygens (including phenoxy) is 1. The second-order valence-electron chi connectivity index (χ2n) is 7.93. The van der Waals surface area contributed by atoms with Crippen LogP contribution < -0.4 is 0 Å². The molecular formula is C25H24N2O4. The Balaban J connectivity index is 1.88. The molecule has 5 rings (SSSR count). The SMILES string of the molecule is COC(=O)c1coc2c1c(C(c1ccncc1)N1CCCCC1)c(O)c1ccccc12. The number of aromatic hydroxyl groups is 1. The maximum Gasteiger partial charge on any atom is 0.341 e. The van der Waals surface area contributed by atoms with Gasteiger partial charge in [0.1, 0.15) is 23.2 Å². The van der Waals surface area contributed by atoms with Gasteiger partial charge < -0.3 is 14.3 Å². The summed E-state index contributed by atoms with van der Waals surface area (Å²) in [6, 6.07) is 11.3. The van der Waals surface area contributed by atoms with E-state index < -0.39 is 5.97 Å². The van der Waals surface area contributed by atoms with E-state index in [0.717, 1.165) is 36.9 Å². The summed E-state index contributed by atoms with van der Waals surface area (Å²) in [6.07, 6.45) is 8.34. The molecule has 0 amide bonds. The van der Waals surface area contributed by atoms with E-state index in [-0.39, 0.29) is 11.8 Å². The number of carbonyl (C=O) groups excluding carboxylic acids is 1. The largest absolute Gasteiger partial charge is 0.507 e. The lowest BCUT2D eigenvalue weighted by Gasteiger charge is -2.36. The number of hydrogen-bond acceptors (Lipinski definition) is 6. The Morgan fingerprint density at radius 2 is 1.81 bits per heavy atom. The minimum absolute atomic E-state index is 0.169. The van der Waals surface area contributed by atoms with E-state index in [2.05, 4.69) is 9.88 Å². The van der Waals surface area contributed by atoms with E-state index in [1.807, 2.05) is 36.4 Å². The number of rotatable bonds is 4. The van der Waals surface area contributed by atoms with E-state index in [0.29, 0.717) is 27.5 Å². The van der Waals surface area contributed by atoms with Crippen LogP contribution in [0.4, 0.5) is 0 Å². The highest BCUT2D eigenvalue weighted by atomic mass is 16.5. The molecule has 3 heterocycles. The lowest BCUT2D eigenvalue weighted by atomic mass is 9.88. The van der Waals surface area contributed by atoms with Gasteiger partial charge in [0, 0.05) is 34.1 Å². The number of fused-ring (bicyclic) bond motifs is 3. The second kappa shape index (κ2) is 8.04. The fourth-order valence-corrected chi connectivity index (χ4v) is 4.78. The molecule has 1 aliphatic rings. The Morgan fingerprint density at radius 1 is 1.10 bits per heavy atom. The standard InChI is InChI=1S/C25H24N2O4/c1-30-25(29)19-15-31-24-18-8-4-3-7-17(18)23(28)21(20(19)24)22(16-9-11-26-12-10-16)27-13-5-2-6-14-27/h3-4,7-12,15,22,28H,2,5-6,13-14H2,1H3. The number of methoxy groups -OCH3 is 1. The van der Waals surface area contributed by atoms with Crippen LogP contribution in [0.2, 0.25) is 0 Å². The summed E-state index contributed by atoms with van der Waals surface area (Å²) in [6.45, 7) is 1.82. The monoisotopic (exact) mass is 416 g/mol. The Labute approximate surface area is 180 Å². The first-order valence-electron chi connectivity index (χ1n) is 10.6. The van der Waals surface area contributed by atoms with Gasteiger partial charge in [-0.3, -0.25) is 9.88 Å². The number of likely N-dealkylation sites (tertiary alicyclic amines) is 1. The predicted molar refractivity (Wildman–Crippen MR) is 118 cm³/mol. The molecule has 1 fully saturated rings. The molecule has 0 saturated carbocycles. The van der Waals surface area contributed by atoms with Gasteiger partial charge in [-0.05, 0) is 43.6 Å². The Bertz CT molecular complexity index is 1240. The highest BCUT2D eigenvalue weighted by molar-refractivity contribution is 6.16. The van der Waals surface area contributed by atoms with Crippen LogP contribution in [0.5, 0.6) is 5.75 Å². The van der Waals surface area contributed by atoms with E-state index in [4.69, 9.17) is 9.15 Å². The topological polar surface area (TPSA) is 75.8 Å². The Hall–Kier alpha value is -3.38. The number of nitrogens with zero attached hydrogens (tertiary/aromatic N) is 2. The van der Waals surface area contributed by atoms with Crippen molar-refractivity contribution in [2.24, 2.45) is 0 Å². The fraction of sp³-hybridized carbons (Fsp3) is 0.280. The molecule has 2 aromatic carbocycles. The molecule has 1 aliphatic heterocycles. The molecule has 1 saturated heterocycles. The van der Waals surface area contributed by atoms with Gasteiger partial charge in [-0.1, -0.05) is 30.7 Å². The number of pyridine rings is 1. The molecule has 0 spiro atoms. The third kappa shape index (κ3) is 3.24. The maximum absolute atomic E-state index is 12.6. The maximum atomic E-state index is 12.6. The summed E-state index contributed by atoms with van der Waals surface area (Å²) in [5.74, 6) is -0.316. The summed E-state index contributed by atoms with van der Waals surface area (Å²) >= 11 is 0. The number of phenols is 1. The molecule has 1 atom stereocenters. The van der Waals surface area contributed by atoms with Crippen molar-refractivity contribution in [3.05, 3.63) is 71.7 Å². The van der Waals surface area contributed by atoms with Crippen LogP contribution in [0.25, 0.3) is 21.7 Å². The van der Waals surface area contributed by atoms with Crippen LogP contribution in [0.3, 0.4) is 0 Å². The molecule has 31 heavy (non-hydrogen) atoms. The quantitative estimate of drug-likeness (QED) is 0.469. The Morgan fingerprint density at radius 3 is 2.52 bits per heavy atom. The van der Waals surface area contributed by atoms with Crippen molar-refractivity contribution in [3.63, 3.8) is 0 Å². The smallest absolute Gasteiger partial charge is 0.341 e. The van der Waals surface area contributed by atoms with E-state index in [1.54, 1.807) is 12.4 Å². The molecule has 6 nitrogen and oxygen atoms in total. The van der Waals surface area contributed by atoms with Crippen LogP contribution in [0.15, 0.2) is 59.5 Å². The van der Waals surface area contributed by atoms with Gasteiger partial charge >= 0.3 is 5.97 Å². The number of phenolic OH excluding ortho intramolecular Hbond substituents is 1. The zero-order valence-electron chi connectivity index (χ0n) is 17.4. The van der Waals surface area contributed by atoms with Crippen LogP contribution in [0.1, 0.15) is 46.8 Å². The minimum atomic E-state index is -0.484. The van der Waals surface area contributed by atoms with Gasteiger partial charge in [-0.25, -0.2) is 4.79 Å². The number of piperidine rings is 1. The van der Waals surface area contributed by atoms with Gasteiger partial charge in [-0.2, -0.15) is 0 Å². The van der Waals surface area contributed by atoms with E-state index in [9.17, 15) is 9.90 Å². The zero-order valence-corrected chi connectivity index (χ0v) is 17.4. The predicted octanol–water partition coefficient (Wildman–Crippen LogP) is 5.05. The van der Waals surface area contributed by atoms with Crippen molar-refractivity contribution in [2.45, 2.75) is 25.3 Å². The fourth-order valence-electron chi connectivity index (χ4n) is 4.78. The summed E-state index contributed by atoms with van der Waals surface area (Å²) in [5.41, 5.74) is 2.60. The van der Waals surface area contributed by atoms with E-state index >= 15 is 0 Å². The van der Waals surface area contributed by atoms with Crippen molar-refractivity contribution in [1.82, 2.24) is 9.88 Å². The second-order valence-corrected chi connectivity index (χ2v) is 7.93. The van der Waals surface area contributed by atoms with Crippen molar-refractivity contribution < 1.29 is 19.1 Å². The summed E-state index contributed by atoms with van der Waals surface area (Å²) in [4.78, 5) is 19.2. The first kappa shape index (κ1) is 19.6. The summed E-state index contributed by atoms with van der Waals surface area (Å²) in [5, 5.41) is 13.6. The molecular weight excluding hydrogens is 392 g/mol. The van der Waals surface area contributed by atoms with Gasteiger partial charge in [-0.15, -0.1) is 0 Å². The zero-order chi connectivity index (χ0) is 21.4. The highest BCUT2D eigenvalue weighted by Crippen LogP contribution is 2.46. The minimum Gasteiger partial charge on any atom is -0.507 e. The third-order valence-corrected chi connectivity index (χ3v) is 6.20. The van der Waals surface area contributed by atoms with Gasteiger partial charge in [0.15, 0.2) is 0 Å². The normalized spacial score (nSPS) is 15.9. The van der Waals surface area contributed by atoms with Crippen molar-refractivity contribution >= 4 is 27.7 Å². The lowest BCUT2D eigenvalue weighted by Crippen LogP contribution is -2.34. The number of carbonyl (C=O) groups is 1. The molecule has 4 aromatic rings. The highest BCUT2D eigenvalue weighted by Gasteiger charge is 2.32. The van der Waals surface area contributed by atoms with Crippen LogP contribution in [-0.2, 0) is 4.74 Å². The van der Waals surface area contributed by atoms with Gasteiger partial charge in [0.05, 0.1) is 13.2 Å². The van der Waals surface area contributed by atoms with Crippen LogP contribution >= 0.6 is 0 Å². The third-order valence-electron chi connectivity index (χ3n) is 6.20. The van der Waals surface area contributed by atoms with Gasteiger partial charge in [0.2, 0.25) is 0 Å². The molecule has 1 N–H and O–H groups in total. The van der Waals surface area contributed by atoms with Gasteiger partial charge in [0.25, 0.3) is 0 Å². The molecule has 1 unspecified atom stereocenters. The molecule has 2 aromatic heterocycles. The molecule has 0 aliphatic carbocycles. The average molecular weight is 416 g/mol. The van der Waals surface area contributed by atoms with Crippen molar-refractivity contribution in [3.8, 4) is 5.75 Å². The number of esters is 1. The number of hydrogen-bond donors (Lipinski definition) is 1. The van der Waals surface area contributed by atoms with Crippen molar-refractivity contribution in [2.75, 3.05) is 20.2 Å². The molecule has 6 heteroatoms. The van der Waals surface area contributed by atoms with Crippen molar-refractivity contribution in [1.29, 1.82) is 0 Å². The molecule has 0 bridgehead atoms. The number of aromatic nitrogens is 1. The average Bonchev–Trinajstić information content (AvgIpc) is 3.27. The first-order chi connectivity index (χ1) is 15.2. The number of furan rings is 1. The Kier molecular flexibility index (Phi) is 5.08. The van der Waals surface area contributed by atoms with E-state index in [1.165, 1.54) is 19.8 Å². The van der Waals surface area contributed by atoms with Crippen LogP contribution in [-0.4, -0.2) is 41.2 Å². The molecule has 158 valence electrons.